The van der Waals surface area contributed by atoms with Crippen LogP contribution in [0.4, 0.5) is 4.79 Å². The molecule has 1 aliphatic heterocycles. The summed E-state index contributed by atoms with van der Waals surface area (Å²) >= 11 is 0. The third-order valence-corrected chi connectivity index (χ3v) is 5.07. The van der Waals surface area contributed by atoms with Crippen LogP contribution < -0.4 is 24.8 Å². The molecular formula is C23H31N3O5. The summed E-state index contributed by atoms with van der Waals surface area (Å²) in [6.45, 7) is 5.73. The van der Waals surface area contributed by atoms with E-state index in [0.717, 1.165) is 49.7 Å². The third-order valence-electron chi connectivity index (χ3n) is 5.07. The van der Waals surface area contributed by atoms with Gasteiger partial charge >= 0.3 is 6.03 Å². The van der Waals surface area contributed by atoms with Gasteiger partial charge < -0.3 is 29.6 Å². The summed E-state index contributed by atoms with van der Waals surface area (Å²) in [7, 11) is 3.19. The van der Waals surface area contributed by atoms with Crippen molar-refractivity contribution in [3.05, 3.63) is 53.6 Å². The first-order chi connectivity index (χ1) is 15.2. The summed E-state index contributed by atoms with van der Waals surface area (Å²) in [6.07, 6.45) is 0. The molecule has 0 saturated carbocycles. The third kappa shape index (κ3) is 7.34. The van der Waals surface area contributed by atoms with Crippen molar-refractivity contribution in [1.29, 1.82) is 0 Å². The van der Waals surface area contributed by atoms with E-state index in [1.165, 1.54) is 0 Å². The molecule has 1 fully saturated rings. The second-order valence-electron chi connectivity index (χ2n) is 7.16. The van der Waals surface area contributed by atoms with Crippen molar-refractivity contribution in [1.82, 2.24) is 15.5 Å². The number of benzene rings is 2. The second kappa shape index (κ2) is 12.0. The number of amides is 2. The van der Waals surface area contributed by atoms with E-state index in [0.29, 0.717) is 31.2 Å². The molecule has 0 spiro atoms. The van der Waals surface area contributed by atoms with Gasteiger partial charge in [-0.3, -0.25) is 4.90 Å². The number of carbonyl (C=O) groups is 1. The number of hydrogen-bond donors (Lipinski definition) is 2. The molecule has 168 valence electrons. The molecule has 1 saturated heterocycles. The molecule has 0 bridgehead atoms. The van der Waals surface area contributed by atoms with Gasteiger partial charge in [0, 0.05) is 44.4 Å². The molecule has 0 aromatic heterocycles. The van der Waals surface area contributed by atoms with Gasteiger partial charge in [0.25, 0.3) is 0 Å². The summed E-state index contributed by atoms with van der Waals surface area (Å²) in [5, 5.41) is 5.72. The van der Waals surface area contributed by atoms with Crippen molar-refractivity contribution in [2.24, 2.45) is 0 Å². The standard InChI is InChI=1S/C23H31N3O5/c1-28-20-7-6-19(22(15-20)29-2)17-25-23(27)24-16-18-4-3-5-21(14-18)31-13-10-26-8-11-30-12-9-26/h3-7,14-15H,8-13,16-17H2,1-2H3,(H2,24,25,27). The molecule has 31 heavy (non-hydrogen) atoms. The van der Waals surface area contributed by atoms with Crippen molar-refractivity contribution >= 4 is 6.03 Å². The number of carbonyl (C=O) groups excluding carboxylic acids is 1. The quantitative estimate of drug-likeness (QED) is 0.604. The molecule has 2 amide bonds. The van der Waals surface area contributed by atoms with Gasteiger partial charge in [0.15, 0.2) is 0 Å². The number of rotatable bonds is 10. The van der Waals surface area contributed by atoms with E-state index in [2.05, 4.69) is 15.5 Å². The van der Waals surface area contributed by atoms with Gasteiger partial charge in [-0.25, -0.2) is 4.79 Å². The highest BCUT2D eigenvalue weighted by atomic mass is 16.5. The van der Waals surface area contributed by atoms with E-state index in [1.807, 2.05) is 36.4 Å². The average Bonchev–Trinajstić information content (AvgIpc) is 2.82. The summed E-state index contributed by atoms with van der Waals surface area (Å²) in [6, 6.07) is 13.0. The van der Waals surface area contributed by atoms with Crippen LogP contribution in [0, 0.1) is 0 Å². The lowest BCUT2D eigenvalue weighted by molar-refractivity contribution is 0.0322. The Balaban J connectivity index is 1.41. The average molecular weight is 430 g/mol. The lowest BCUT2D eigenvalue weighted by Crippen LogP contribution is -2.38. The van der Waals surface area contributed by atoms with Gasteiger partial charge in [0.05, 0.1) is 27.4 Å². The van der Waals surface area contributed by atoms with Crippen LogP contribution >= 0.6 is 0 Å². The Morgan fingerprint density at radius 2 is 1.81 bits per heavy atom. The monoisotopic (exact) mass is 429 g/mol. The van der Waals surface area contributed by atoms with Gasteiger partial charge in [-0.1, -0.05) is 12.1 Å². The molecule has 0 atom stereocenters. The van der Waals surface area contributed by atoms with Gasteiger partial charge in [-0.2, -0.15) is 0 Å². The lowest BCUT2D eigenvalue weighted by atomic mass is 10.2. The van der Waals surface area contributed by atoms with E-state index >= 15 is 0 Å². The van der Waals surface area contributed by atoms with Crippen molar-refractivity contribution in [3.8, 4) is 17.2 Å². The minimum Gasteiger partial charge on any atom is -0.497 e. The number of methoxy groups -OCH3 is 2. The van der Waals surface area contributed by atoms with E-state index in [-0.39, 0.29) is 6.03 Å². The van der Waals surface area contributed by atoms with Crippen LogP contribution in [0.25, 0.3) is 0 Å². The summed E-state index contributed by atoms with van der Waals surface area (Å²) in [4.78, 5) is 14.5. The maximum absolute atomic E-state index is 12.2. The Morgan fingerprint density at radius 3 is 2.58 bits per heavy atom. The van der Waals surface area contributed by atoms with Gasteiger partial charge in [0.2, 0.25) is 0 Å². The topological polar surface area (TPSA) is 81.3 Å². The highest BCUT2D eigenvalue weighted by molar-refractivity contribution is 5.74. The van der Waals surface area contributed by atoms with Gasteiger partial charge in [-0.05, 0) is 29.8 Å². The molecule has 1 aliphatic rings. The van der Waals surface area contributed by atoms with E-state index < -0.39 is 0 Å². The fraction of sp³-hybridized carbons (Fsp3) is 0.435. The number of hydrogen-bond acceptors (Lipinski definition) is 6. The maximum Gasteiger partial charge on any atom is 0.315 e. The zero-order chi connectivity index (χ0) is 21.9. The zero-order valence-electron chi connectivity index (χ0n) is 18.2. The van der Waals surface area contributed by atoms with Crippen LogP contribution in [0.15, 0.2) is 42.5 Å². The normalized spacial score (nSPS) is 14.0. The smallest absolute Gasteiger partial charge is 0.315 e. The van der Waals surface area contributed by atoms with Crippen LogP contribution in [0.3, 0.4) is 0 Å². The summed E-state index contributed by atoms with van der Waals surface area (Å²) < 4.78 is 21.8. The van der Waals surface area contributed by atoms with Crippen LogP contribution in [0.2, 0.25) is 0 Å². The second-order valence-corrected chi connectivity index (χ2v) is 7.16. The largest absolute Gasteiger partial charge is 0.497 e. The van der Waals surface area contributed by atoms with Gasteiger partial charge in [0.1, 0.15) is 23.9 Å². The van der Waals surface area contributed by atoms with E-state index in [4.69, 9.17) is 18.9 Å². The van der Waals surface area contributed by atoms with Crippen LogP contribution in [0.5, 0.6) is 17.2 Å². The first-order valence-corrected chi connectivity index (χ1v) is 10.4. The van der Waals surface area contributed by atoms with Crippen molar-refractivity contribution in [3.63, 3.8) is 0 Å². The predicted molar refractivity (Wildman–Crippen MR) is 118 cm³/mol. The molecule has 0 aliphatic carbocycles. The molecule has 2 aromatic carbocycles. The van der Waals surface area contributed by atoms with Crippen molar-refractivity contribution in [2.75, 3.05) is 53.7 Å². The first-order valence-electron chi connectivity index (χ1n) is 10.4. The number of nitrogens with zero attached hydrogens (tertiary/aromatic N) is 1. The molecule has 8 nitrogen and oxygen atoms in total. The SMILES string of the molecule is COc1ccc(CNC(=O)NCc2cccc(OCCN3CCOCC3)c2)c(OC)c1. The van der Waals surface area contributed by atoms with Crippen molar-refractivity contribution in [2.45, 2.75) is 13.1 Å². The Labute approximate surface area is 183 Å². The van der Waals surface area contributed by atoms with Gasteiger partial charge in [-0.15, -0.1) is 0 Å². The number of ether oxygens (including phenoxy) is 4. The highest BCUT2D eigenvalue weighted by Gasteiger charge is 2.10. The Bertz CT molecular complexity index is 840. The first kappa shape index (κ1) is 22.7. The number of urea groups is 1. The molecule has 0 unspecified atom stereocenters. The Morgan fingerprint density at radius 1 is 1.00 bits per heavy atom. The van der Waals surface area contributed by atoms with Crippen LogP contribution in [-0.2, 0) is 17.8 Å². The number of morpholine rings is 1. The molecular weight excluding hydrogens is 398 g/mol. The summed E-state index contributed by atoms with van der Waals surface area (Å²) in [5.41, 5.74) is 1.84. The molecule has 2 aromatic rings. The predicted octanol–water partition coefficient (Wildman–Crippen LogP) is 2.41. The molecule has 0 radical (unpaired) electrons. The van der Waals surface area contributed by atoms with E-state index in [9.17, 15) is 4.79 Å². The Kier molecular flexibility index (Phi) is 8.81. The fourth-order valence-corrected chi connectivity index (χ4v) is 3.28. The van der Waals surface area contributed by atoms with Crippen molar-refractivity contribution < 1.29 is 23.7 Å². The minimum absolute atomic E-state index is 0.253. The highest BCUT2D eigenvalue weighted by Crippen LogP contribution is 2.24. The molecule has 1 heterocycles. The maximum atomic E-state index is 12.2. The fourth-order valence-electron chi connectivity index (χ4n) is 3.28. The van der Waals surface area contributed by atoms with Crippen LogP contribution in [-0.4, -0.2) is 64.6 Å². The minimum atomic E-state index is -0.253. The molecule has 3 rings (SSSR count). The zero-order valence-corrected chi connectivity index (χ0v) is 18.2. The number of nitrogens with one attached hydrogen (secondary N) is 2. The van der Waals surface area contributed by atoms with Crippen LogP contribution in [0.1, 0.15) is 11.1 Å². The Hall–Kier alpha value is -2.97. The molecule has 2 N–H and O–H groups in total. The molecule has 8 heteroatoms. The van der Waals surface area contributed by atoms with E-state index in [1.54, 1.807) is 20.3 Å². The summed E-state index contributed by atoms with van der Waals surface area (Å²) in [5.74, 6) is 2.18. The lowest BCUT2D eigenvalue weighted by Gasteiger charge is -2.26.